The molecule has 0 spiro atoms. The molecule has 0 saturated heterocycles. The van der Waals surface area contributed by atoms with Gasteiger partial charge < -0.3 is 14.6 Å². The average molecular weight is 370 g/mol. The van der Waals surface area contributed by atoms with Crippen molar-refractivity contribution in [2.45, 2.75) is 13.0 Å². The first-order valence-electron chi connectivity index (χ1n) is 9.28. The molecule has 0 aliphatic rings. The molecule has 4 aromatic rings. The first-order chi connectivity index (χ1) is 13.7. The molecule has 0 aliphatic heterocycles. The Morgan fingerprint density at radius 2 is 1.68 bits per heavy atom. The Labute approximate surface area is 164 Å². The lowest BCUT2D eigenvalue weighted by Gasteiger charge is -2.23. The smallest absolute Gasteiger partial charge is 0.231 e. The summed E-state index contributed by atoms with van der Waals surface area (Å²) in [6.07, 6.45) is 2.22. The van der Waals surface area contributed by atoms with Crippen LogP contribution in [0.25, 0.3) is 10.9 Å². The second-order valence-electron chi connectivity index (χ2n) is 6.70. The molecule has 3 aromatic carbocycles. The Morgan fingerprint density at radius 3 is 2.39 bits per heavy atom. The van der Waals surface area contributed by atoms with Crippen molar-refractivity contribution < 1.29 is 9.53 Å². The van der Waals surface area contributed by atoms with Gasteiger partial charge in [0.25, 0.3) is 0 Å². The quantitative estimate of drug-likeness (QED) is 0.522. The van der Waals surface area contributed by atoms with Crippen molar-refractivity contribution in [2.24, 2.45) is 0 Å². The van der Waals surface area contributed by atoms with Crippen molar-refractivity contribution in [1.29, 1.82) is 0 Å². The van der Waals surface area contributed by atoms with Crippen molar-refractivity contribution in [3.8, 4) is 5.75 Å². The molecular formula is C24H22N2O2. The SMILES string of the molecule is COc1ccc2[nH]cc(CC(=O)N(Cc3ccccc3)c3ccccc3)c2c1. The summed E-state index contributed by atoms with van der Waals surface area (Å²) in [7, 11) is 1.65. The molecule has 28 heavy (non-hydrogen) atoms. The number of fused-ring (bicyclic) bond motifs is 1. The minimum absolute atomic E-state index is 0.0544. The van der Waals surface area contributed by atoms with E-state index in [-0.39, 0.29) is 5.91 Å². The van der Waals surface area contributed by atoms with Gasteiger partial charge in [0, 0.05) is 22.8 Å². The highest BCUT2D eigenvalue weighted by molar-refractivity contribution is 5.97. The Hall–Kier alpha value is -3.53. The summed E-state index contributed by atoms with van der Waals surface area (Å²) in [5.74, 6) is 0.837. The second kappa shape index (κ2) is 8.01. The molecule has 4 heteroatoms. The fourth-order valence-electron chi connectivity index (χ4n) is 3.39. The third-order valence-electron chi connectivity index (χ3n) is 4.87. The Morgan fingerprint density at radius 1 is 0.964 bits per heavy atom. The van der Waals surface area contributed by atoms with E-state index in [0.717, 1.165) is 33.5 Å². The van der Waals surface area contributed by atoms with Gasteiger partial charge in [0.2, 0.25) is 5.91 Å². The zero-order chi connectivity index (χ0) is 19.3. The maximum absolute atomic E-state index is 13.3. The number of aromatic amines is 1. The normalized spacial score (nSPS) is 10.8. The number of anilines is 1. The van der Waals surface area contributed by atoms with E-state index in [4.69, 9.17) is 4.74 Å². The maximum Gasteiger partial charge on any atom is 0.231 e. The lowest BCUT2D eigenvalue weighted by Crippen LogP contribution is -2.31. The van der Waals surface area contributed by atoms with Gasteiger partial charge in [0.05, 0.1) is 20.1 Å². The van der Waals surface area contributed by atoms with Crippen LogP contribution in [0.1, 0.15) is 11.1 Å². The van der Waals surface area contributed by atoms with E-state index in [1.807, 2.05) is 90.0 Å². The Balaban J connectivity index is 1.64. The number of rotatable bonds is 6. The lowest BCUT2D eigenvalue weighted by molar-refractivity contribution is -0.118. The van der Waals surface area contributed by atoms with E-state index < -0.39 is 0 Å². The van der Waals surface area contributed by atoms with E-state index in [0.29, 0.717) is 13.0 Å². The molecule has 4 rings (SSSR count). The number of H-pyrrole nitrogens is 1. The van der Waals surface area contributed by atoms with Gasteiger partial charge >= 0.3 is 0 Å². The molecule has 1 N–H and O–H groups in total. The van der Waals surface area contributed by atoms with Crippen LogP contribution in [-0.4, -0.2) is 18.0 Å². The van der Waals surface area contributed by atoms with Crippen molar-refractivity contribution in [3.05, 3.63) is 96.2 Å². The van der Waals surface area contributed by atoms with E-state index in [1.165, 1.54) is 0 Å². The molecule has 0 fully saturated rings. The van der Waals surface area contributed by atoms with Crippen molar-refractivity contribution in [2.75, 3.05) is 12.0 Å². The van der Waals surface area contributed by atoms with Crippen molar-refractivity contribution in [1.82, 2.24) is 4.98 Å². The largest absolute Gasteiger partial charge is 0.497 e. The van der Waals surface area contributed by atoms with Crippen molar-refractivity contribution >= 4 is 22.5 Å². The monoisotopic (exact) mass is 370 g/mol. The highest BCUT2D eigenvalue weighted by Gasteiger charge is 2.18. The zero-order valence-corrected chi connectivity index (χ0v) is 15.8. The molecule has 0 saturated carbocycles. The van der Waals surface area contributed by atoms with Gasteiger partial charge in [-0.05, 0) is 41.5 Å². The first kappa shape index (κ1) is 17.9. The molecular weight excluding hydrogens is 348 g/mol. The maximum atomic E-state index is 13.3. The molecule has 0 bridgehead atoms. The third-order valence-corrected chi connectivity index (χ3v) is 4.87. The molecule has 0 aliphatic carbocycles. The topological polar surface area (TPSA) is 45.3 Å². The molecule has 1 amide bonds. The van der Waals surface area contributed by atoms with Gasteiger partial charge in [-0.1, -0.05) is 48.5 Å². The minimum atomic E-state index is 0.0544. The van der Waals surface area contributed by atoms with Crippen LogP contribution >= 0.6 is 0 Å². The van der Waals surface area contributed by atoms with Crippen molar-refractivity contribution in [3.63, 3.8) is 0 Å². The standard InChI is InChI=1S/C24H22N2O2/c1-28-21-12-13-23-22(15-21)19(16-25-23)14-24(27)26(20-10-6-3-7-11-20)17-18-8-4-2-5-9-18/h2-13,15-16,25H,14,17H2,1H3. The number of para-hydroxylation sites is 1. The van der Waals surface area contributed by atoms with Crippen LogP contribution < -0.4 is 9.64 Å². The molecule has 1 heterocycles. The van der Waals surface area contributed by atoms with Gasteiger partial charge in [-0.25, -0.2) is 0 Å². The van der Waals surface area contributed by atoms with Crippen LogP contribution in [0.3, 0.4) is 0 Å². The number of amides is 1. The molecule has 1 aromatic heterocycles. The molecule has 140 valence electrons. The van der Waals surface area contributed by atoms with Crippen LogP contribution in [0.4, 0.5) is 5.69 Å². The number of hydrogen-bond acceptors (Lipinski definition) is 2. The number of nitrogens with one attached hydrogen (secondary N) is 1. The Kier molecular flexibility index (Phi) is 5.11. The summed E-state index contributed by atoms with van der Waals surface area (Å²) in [5, 5.41) is 1.01. The number of benzene rings is 3. The van der Waals surface area contributed by atoms with E-state index >= 15 is 0 Å². The molecule has 4 nitrogen and oxygen atoms in total. The average Bonchev–Trinajstić information content (AvgIpc) is 3.15. The van der Waals surface area contributed by atoms with Gasteiger partial charge in [-0.2, -0.15) is 0 Å². The van der Waals surface area contributed by atoms with E-state index in [1.54, 1.807) is 7.11 Å². The number of carbonyl (C=O) groups excluding carboxylic acids is 1. The van der Waals surface area contributed by atoms with Crippen LogP contribution in [-0.2, 0) is 17.8 Å². The minimum Gasteiger partial charge on any atom is -0.497 e. The number of methoxy groups -OCH3 is 1. The third kappa shape index (κ3) is 3.76. The lowest BCUT2D eigenvalue weighted by atomic mass is 10.1. The summed E-state index contributed by atoms with van der Waals surface area (Å²) in [6.45, 7) is 0.537. The summed E-state index contributed by atoms with van der Waals surface area (Å²) in [6, 6.07) is 25.7. The van der Waals surface area contributed by atoms with Gasteiger partial charge in [-0.3, -0.25) is 4.79 Å². The summed E-state index contributed by atoms with van der Waals surface area (Å²) in [4.78, 5) is 18.4. The fourth-order valence-corrected chi connectivity index (χ4v) is 3.39. The highest BCUT2D eigenvalue weighted by atomic mass is 16.5. The summed E-state index contributed by atoms with van der Waals surface area (Å²) < 4.78 is 5.34. The van der Waals surface area contributed by atoms with Crippen LogP contribution in [0.15, 0.2) is 85.1 Å². The van der Waals surface area contributed by atoms with Gasteiger partial charge in [0.15, 0.2) is 0 Å². The number of aromatic nitrogens is 1. The number of carbonyl (C=O) groups is 1. The highest BCUT2D eigenvalue weighted by Crippen LogP contribution is 2.25. The number of nitrogens with zero attached hydrogens (tertiary/aromatic N) is 1. The predicted octanol–water partition coefficient (Wildman–Crippen LogP) is 4.95. The number of ether oxygens (including phenoxy) is 1. The van der Waals surface area contributed by atoms with Crippen LogP contribution in [0.5, 0.6) is 5.75 Å². The number of hydrogen-bond donors (Lipinski definition) is 1. The summed E-state index contributed by atoms with van der Waals surface area (Å²) in [5.41, 5.74) is 3.96. The fraction of sp³-hybridized carbons (Fsp3) is 0.125. The van der Waals surface area contributed by atoms with Gasteiger partial charge in [0.1, 0.15) is 5.75 Å². The van der Waals surface area contributed by atoms with Crippen LogP contribution in [0, 0.1) is 0 Å². The Bertz CT molecular complexity index is 1070. The molecule has 0 radical (unpaired) electrons. The molecule has 0 atom stereocenters. The van der Waals surface area contributed by atoms with Gasteiger partial charge in [-0.15, -0.1) is 0 Å². The van der Waals surface area contributed by atoms with E-state index in [2.05, 4.69) is 4.98 Å². The van der Waals surface area contributed by atoms with E-state index in [9.17, 15) is 4.79 Å². The molecule has 0 unspecified atom stereocenters. The summed E-state index contributed by atoms with van der Waals surface area (Å²) >= 11 is 0. The van der Waals surface area contributed by atoms with Crippen LogP contribution in [0.2, 0.25) is 0 Å². The second-order valence-corrected chi connectivity index (χ2v) is 6.70. The zero-order valence-electron chi connectivity index (χ0n) is 15.8. The first-order valence-corrected chi connectivity index (χ1v) is 9.28. The predicted molar refractivity (Wildman–Crippen MR) is 113 cm³/mol.